The van der Waals surface area contributed by atoms with Crippen molar-refractivity contribution in [1.29, 1.82) is 0 Å². The van der Waals surface area contributed by atoms with Crippen LogP contribution in [-0.4, -0.2) is 45.9 Å². The molecule has 2 N–H and O–H groups in total. The molecule has 0 spiro atoms. The fourth-order valence-electron chi connectivity index (χ4n) is 3.67. The van der Waals surface area contributed by atoms with Crippen LogP contribution in [0.15, 0.2) is 52.5 Å². The largest absolute Gasteiger partial charge is 0.477 e. The molecule has 3 rings (SSSR count). The number of carbonyl (C=O) groups is 4. The number of nitrogens with zero attached hydrogens (tertiary/aromatic N) is 1. The molecule has 1 aromatic rings. The second-order valence-corrected chi connectivity index (χ2v) is 8.06. The molecule has 0 saturated carbocycles. The summed E-state index contributed by atoms with van der Waals surface area (Å²) in [5, 5.41) is 13.6. The zero-order valence-corrected chi connectivity index (χ0v) is 17.3. The third-order valence-electron chi connectivity index (χ3n) is 4.95. The molecule has 0 unspecified atom stereocenters. The van der Waals surface area contributed by atoms with Crippen molar-refractivity contribution in [2.45, 2.75) is 38.8 Å². The van der Waals surface area contributed by atoms with Crippen LogP contribution in [0.3, 0.4) is 0 Å². The number of carboxylic acid groups (broad SMARTS) is 1. The highest BCUT2D eigenvalue weighted by molar-refractivity contribution is 8.05. The Morgan fingerprint density at radius 2 is 2.03 bits per heavy atom. The number of hydrogen-bond acceptors (Lipinski definition) is 6. The lowest BCUT2D eigenvalue weighted by Gasteiger charge is -2.45. The van der Waals surface area contributed by atoms with Crippen molar-refractivity contribution in [1.82, 2.24) is 10.2 Å². The summed E-state index contributed by atoms with van der Waals surface area (Å²) >= 11 is 1.14. The van der Waals surface area contributed by atoms with Crippen molar-refractivity contribution in [2.24, 2.45) is 5.92 Å². The number of nitrogens with one attached hydrogen (secondary N) is 1. The molecular formula is C21H22N2O6S. The minimum atomic E-state index is -1.19. The summed E-state index contributed by atoms with van der Waals surface area (Å²) in [4.78, 5) is 49.3. The van der Waals surface area contributed by atoms with Gasteiger partial charge in [-0.3, -0.25) is 14.4 Å². The van der Waals surface area contributed by atoms with Gasteiger partial charge in [0.05, 0.1) is 18.4 Å². The highest BCUT2D eigenvalue weighted by Crippen LogP contribution is 2.47. The molecule has 2 heterocycles. The molecule has 9 heteroatoms. The number of carboxylic acids is 1. The topological polar surface area (TPSA) is 113 Å². The average Bonchev–Trinajstić information content (AvgIpc) is 3.00. The highest BCUT2D eigenvalue weighted by Gasteiger charge is 2.57. The minimum Gasteiger partial charge on any atom is -0.477 e. The number of amides is 2. The second kappa shape index (κ2) is 9.17. The number of rotatable bonds is 8. The first-order valence-electron chi connectivity index (χ1n) is 9.41. The first-order chi connectivity index (χ1) is 14.3. The van der Waals surface area contributed by atoms with E-state index in [4.69, 9.17) is 4.74 Å². The lowest BCUT2D eigenvalue weighted by molar-refractivity contribution is -0.170. The van der Waals surface area contributed by atoms with Crippen LogP contribution in [0.25, 0.3) is 0 Å². The number of ether oxygens (including phenoxy) is 1. The van der Waals surface area contributed by atoms with Gasteiger partial charge in [0.15, 0.2) is 0 Å². The first-order valence-corrected chi connectivity index (χ1v) is 10.3. The summed E-state index contributed by atoms with van der Waals surface area (Å²) in [6.45, 7) is 3.02. The lowest BCUT2D eigenvalue weighted by atomic mass is 9.83. The zero-order valence-electron chi connectivity index (χ0n) is 16.5. The fraction of sp³-hybridized carbons (Fsp3) is 0.333. The van der Waals surface area contributed by atoms with E-state index in [-0.39, 0.29) is 30.0 Å². The Bertz CT molecular complexity index is 927. The predicted molar refractivity (Wildman–Crippen MR) is 110 cm³/mol. The molecule has 2 amide bonds. The van der Waals surface area contributed by atoms with Gasteiger partial charge in [-0.15, -0.1) is 0 Å². The van der Waals surface area contributed by atoms with E-state index in [2.05, 4.69) is 5.32 Å². The standard InChI is InChI=1S/C21H22N2O6S/c1-12(29-17(25)10-14-6-4-3-5-7-14)18-15-11-16(30-9-8-22-13(2)24)19(21(27)28)23(15)20(18)26/h3-9,12,15,18H,10-11H2,1-2H3,(H,22,24)(H,27,28)/b9-8+/t12-,15+,18+/m0/s1. The lowest BCUT2D eigenvalue weighted by Crippen LogP contribution is -2.62. The monoisotopic (exact) mass is 430 g/mol. The van der Waals surface area contributed by atoms with Crippen molar-refractivity contribution in [2.75, 3.05) is 0 Å². The van der Waals surface area contributed by atoms with Crippen LogP contribution in [-0.2, 0) is 30.3 Å². The van der Waals surface area contributed by atoms with Gasteiger partial charge in [-0.25, -0.2) is 4.79 Å². The Kier molecular flexibility index (Phi) is 6.61. The summed E-state index contributed by atoms with van der Waals surface area (Å²) in [5.41, 5.74) is 0.762. The second-order valence-electron chi connectivity index (χ2n) is 7.06. The summed E-state index contributed by atoms with van der Waals surface area (Å²) in [7, 11) is 0. The van der Waals surface area contributed by atoms with Crippen LogP contribution in [0.5, 0.6) is 0 Å². The van der Waals surface area contributed by atoms with E-state index in [1.54, 1.807) is 12.3 Å². The Morgan fingerprint density at radius 3 is 2.67 bits per heavy atom. The van der Waals surface area contributed by atoms with Gasteiger partial charge in [0.1, 0.15) is 11.8 Å². The molecule has 1 aromatic carbocycles. The summed E-state index contributed by atoms with van der Waals surface area (Å²) in [6.07, 6.45) is 1.22. The van der Waals surface area contributed by atoms with Crippen molar-refractivity contribution in [3.8, 4) is 0 Å². The number of hydrogen-bond donors (Lipinski definition) is 2. The molecular weight excluding hydrogens is 408 g/mol. The molecule has 158 valence electrons. The quantitative estimate of drug-likeness (QED) is 0.479. The van der Waals surface area contributed by atoms with E-state index in [0.717, 1.165) is 17.3 Å². The molecule has 0 bridgehead atoms. The number of carbonyl (C=O) groups excluding carboxylic acids is 3. The van der Waals surface area contributed by atoms with Crippen LogP contribution in [0.2, 0.25) is 0 Å². The molecule has 2 aliphatic heterocycles. The molecule has 3 atom stereocenters. The number of aliphatic carboxylic acids is 1. The third kappa shape index (κ3) is 4.56. The minimum absolute atomic E-state index is 0.0541. The Labute approximate surface area is 178 Å². The number of β-lactam (4-membered cyclic amide) rings is 1. The molecule has 0 radical (unpaired) electrons. The van der Waals surface area contributed by atoms with Crippen molar-refractivity contribution in [3.63, 3.8) is 0 Å². The van der Waals surface area contributed by atoms with Crippen molar-refractivity contribution in [3.05, 3.63) is 58.1 Å². The Balaban J connectivity index is 1.63. The van der Waals surface area contributed by atoms with Gasteiger partial charge in [0.25, 0.3) is 0 Å². The zero-order chi connectivity index (χ0) is 21.8. The fourth-order valence-corrected chi connectivity index (χ4v) is 4.54. The van der Waals surface area contributed by atoms with Crippen LogP contribution < -0.4 is 5.32 Å². The first kappa shape index (κ1) is 21.6. The van der Waals surface area contributed by atoms with E-state index in [9.17, 15) is 24.3 Å². The molecule has 0 aromatic heterocycles. The SMILES string of the molecule is CC(=O)N/C=C/SC1=C(C(=O)O)N2C(=O)[C@H]([C@H](C)OC(=O)Cc3ccccc3)[C@H]2C1. The number of thioether (sulfide) groups is 1. The summed E-state index contributed by atoms with van der Waals surface area (Å²) in [5.74, 6) is -2.81. The van der Waals surface area contributed by atoms with Crippen LogP contribution in [0, 0.1) is 5.92 Å². The van der Waals surface area contributed by atoms with Gasteiger partial charge in [0, 0.05) is 24.4 Å². The van der Waals surface area contributed by atoms with E-state index < -0.39 is 24.0 Å². The van der Waals surface area contributed by atoms with Crippen molar-refractivity contribution >= 4 is 35.5 Å². The predicted octanol–water partition coefficient (Wildman–Crippen LogP) is 2.03. The maximum Gasteiger partial charge on any atom is 0.353 e. The molecule has 8 nitrogen and oxygen atoms in total. The molecule has 2 aliphatic rings. The summed E-state index contributed by atoms with van der Waals surface area (Å²) in [6, 6.07) is 8.79. The van der Waals surface area contributed by atoms with Crippen LogP contribution in [0.4, 0.5) is 0 Å². The maximum atomic E-state index is 12.7. The van der Waals surface area contributed by atoms with Gasteiger partial charge < -0.3 is 20.1 Å². The number of fused-ring (bicyclic) bond motifs is 1. The van der Waals surface area contributed by atoms with Gasteiger partial charge >= 0.3 is 11.9 Å². The Hall–Kier alpha value is -3.07. The van der Waals surface area contributed by atoms with E-state index in [0.29, 0.717) is 11.3 Å². The van der Waals surface area contributed by atoms with E-state index in [1.165, 1.54) is 18.0 Å². The Morgan fingerprint density at radius 1 is 1.33 bits per heavy atom. The molecule has 1 saturated heterocycles. The number of benzene rings is 1. The van der Waals surface area contributed by atoms with Crippen molar-refractivity contribution < 1.29 is 29.0 Å². The highest BCUT2D eigenvalue weighted by atomic mass is 32.2. The normalized spacial score (nSPS) is 21.3. The number of esters is 1. The van der Waals surface area contributed by atoms with Gasteiger partial charge in [-0.2, -0.15) is 0 Å². The maximum absolute atomic E-state index is 12.7. The third-order valence-corrected chi connectivity index (χ3v) is 5.87. The van der Waals surface area contributed by atoms with Gasteiger partial charge in [-0.1, -0.05) is 42.1 Å². The molecule has 30 heavy (non-hydrogen) atoms. The van der Waals surface area contributed by atoms with Gasteiger partial charge in [0.2, 0.25) is 11.8 Å². The average molecular weight is 430 g/mol. The van der Waals surface area contributed by atoms with E-state index in [1.807, 2.05) is 30.3 Å². The molecule has 0 aliphatic carbocycles. The summed E-state index contributed by atoms with van der Waals surface area (Å²) < 4.78 is 5.47. The smallest absolute Gasteiger partial charge is 0.353 e. The molecule has 1 fully saturated rings. The van der Waals surface area contributed by atoms with Crippen LogP contribution >= 0.6 is 11.8 Å². The van der Waals surface area contributed by atoms with Gasteiger partial charge in [-0.05, 0) is 17.9 Å². The van der Waals surface area contributed by atoms with E-state index >= 15 is 0 Å². The van der Waals surface area contributed by atoms with Crippen LogP contribution in [0.1, 0.15) is 25.8 Å².